The maximum atomic E-state index is 5.26. The molecule has 1 N–H and O–H groups in total. The number of benzene rings is 1. The molecule has 3 rings (SSSR count). The van der Waals surface area contributed by atoms with Gasteiger partial charge in [-0.25, -0.2) is 0 Å². The Hall–Kier alpha value is -1.06. The van der Waals surface area contributed by atoms with Gasteiger partial charge in [0.1, 0.15) is 0 Å². The lowest BCUT2D eigenvalue weighted by Crippen LogP contribution is -2.52. The van der Waals surface area contributed by atoms with E-state index in [1.165, 1.54) is 18.5 Å². The van der Waals surface area contributed by atoms with Crippen molar-refractivity contribution in [3.63, 3.8) is 0 Å². The number of guanidine groups is 1. The number of methoxy groups -OCH3 is 1. The Kier molecular flexibility index (Phi) is 10.4. The van der Waals surface area contributed by atoms with E-state index >= 15 is 0 Å². The van der Waals surface area contributed by atoms with Crippen LogP contribution in [0.2, 0.25) is 0 Å². The molecule has 0 atom stereocenters. The number of ether oxygens (including phenoxy) is 1. The van der Waals surface area contributed by atoms with Crippen LogP contribution in [0.1, 0.15) is 19.8 Å². The predicted molar refractivity (Wildman–Crippen MR) is 128 cm³/mol. The fourth-order valence-electron chi connectivity index (χ4n) is 3.65. The first kappa shape index (κ1) is 23.2. The number of hydrogen-bond donors (Lipinski definition) is 1. The monoisotopic (exact) mass is 501 g/mol. The Labute approximate surface area is 187 Å². The lowest BCUT2D eigenvalue weighted by Gasteiger charge is -2.37. The number of aliphatic imine (C=N–C) groups is 1. The van der Waals surface area contributed by atoms with Gasteiger partial charge in [-0.3, -0.25) is 9.89 Å². The standard InChI is InChI=1S/C21H35N5O.HI/c1-3-22-21(23-11-12-24(17-18-27-2)20-9-10-20)26-15-13-25(14-16-26)19-7-5-4-6-8-19;/h4-8,20H,3,9-18H2,1-2H3,(H,22,23);1H. The van der Waals surface area contributed by atoms with Crippen molar-refractivity contribution in [1.82, 2.24) is 15.1 Å². The topological polar surface area (TPSA) is 43.3 Å². The highest BCUT2D eigenvalue weighted by molar-refractivity contribution is 14.0. The fourth-order valence-corrected chi connectivity index (χ4v) is 3.65. The number of nitrogens with one attached hydrogen (secondary N) is 1. The van der Waals surface area contributed by atoms with E-state index in [0.717, 1.165) is 71.0 Å². The minimum Gasteiger partial charge on any atom is -0.383 e. The minimum atomic E-state index is 0. The number of piperazine rings is 1. The molecule has 1 aromatic rings. The molecular weight excluding hydrogens is 465 g/mol. The Bertz CT molecular complexity index is 573. The van der Waals surface area contributed by atoms with Gasteiger partial charge in [0, 0.05) is 64.7 Å². The maximum Gasteiger partial charge on any atom is 0.194 e. The largest absolute Gasteiger partial charge is 0.383 e. The smallest absolute Gasteiger partial charge is 0.194 e. The van der Waals surface area contributed by atoms with Crippen molar-refractivity contribution in [2.45, 2.75) is 25.8 Å². The van der Waals surface area contributed by atoms with Crippen LogP contribution in [0.4, 0.5) is 5.69 Å². The van der Waals surface area contributed by atoms with E-state index in [2.05, 4.69) is 57.3 Å². The molecule has 2 fully saturated rings. The third-order valence-electron chi connectivity index (χ3n) is 5.33. The molecule has 0 spiro atoms. The van der Waals surface area contributed by atoms with Crippen molar-refractivity contribution in [3.05, 3.63) is 30.3 Å². The van der Waals surface area contributed by atoms with Crippen LogP contribution in [-0.2, 0) is 4.74 Å². The lowest BCUT2D eigenvalue weighted by molar-refractivity contribution is 0.145. The molecule has 7 heteroatoms. The number of rotatable bonds is 9. The molecule has 0 radical (unpaired) electrons. The van der Waals surface area contributed by atoms with Crippen LogP contribution in [0, 0.1) is 0 Å². The second-order valence-electron chi connectivity index (χ2n) is 7.31. The first-order valence-corrected chi connectivity index (χ1v) is 10.4. The average molecular weight is 501 g/mol. The number of para-hydroxylation sites is 1. The van der Waals surface area contributed by atoms with E-state index in [-0.39, 0.29) is 24.0 Å². The molecule has 0 aromatic heterocycles. The summed E-state index contributed by atoms with van der Waals surface area (Å²) in [6.45, 7) is 10.8. The van der Waals surface area contributed by atoms with E-state index in [0.29, 0.717) is 0 Å². The van der Waals surface area contributed by atoms with Crippen molar-refractivity contribution in [2.24, 2.45) is 4.99 Å². The Balaban J connectivity index is 0.00000280. The zero-order chi connectivity index (χ0) is 18.9. The quantitative estimate of drug-likeness (QED) is 0.320. The molecule has 0 bridgehead atoms. The maximum absolute atomic E-state index is 5.26. The van der Waals surface area contributed by atoms with Gasteiger partial charge in [0.25, 0.3) is 0 Å². The molecule has 6 nitrogen and oxygen atoms in total. The van der Waals surface area contributed by atoms with E-state index in [1.54, 1.807) is 7.11 Å². The lowest BCUT2D eigenvalue weighted by atomic mass is 10.2. The van der Waals surface area contributed by atoms with Gasteiger partial charge < -0.3 is 19.9 Å². The summed E-state index contributed by atoms with van der Waals surface area (Å²) < 4.78 is 5.26. The number of hydrogen-bond acceptors (Lipinski definition) is 4. The summed E-state index contributed by atoms with van der Waals surface area (Å²) in [4.78, 5) is 12.3. The Morgan fingerprint density at radius 1 is 1.14 bits per heavy atom. The van der Waals surface area contributed by atoms with Gasteiger partial charge in [-0.05, 0) is 31.9 Å². The predicted octanol–water partition coefficient (Wildman–Crippen LogP) is 2.50. The molecule has 1 saturated carbocycles. The Morgan fingerprint density at radius 3 is 2.46 bits per heavy atom. The molecule has 28 heavy (non-hydrogen) atoms. The number of nitrogens with zero attached hydrogens (tertiary/aromatic N) is 4. The van der Waals surface area contributed by atoms with E-state index in [9.17, 15) is 0 Å². The first-order valence-electron chi connectivity index (χ1n) is 10.4. The zero-order valence-corrected chi connectivity index (χ0v) is 19.7. The number of anilines is 1. The van der Waals surface area contributed by atoms with Gasteiger partial charge in [-0.15, -0.1) is 24.0 Å². The van der Waals surface area contributed by atoms with Gasteiger partial charge in [0.05, 0.1) is 13.2 Å². The summed E-state index contributed by atoms with van der Waals surface area (Å²) in [6.07, 6.45) is 2.66. The summed E-state index contributed by atoms with van der Waals surface area (Å²) in [7, 11) is 1.78. The van der Waals surface area contributed by atoms with Crippen molar-refractivity contribution < 1.29 is 4.74 Å². The highest BCUT2D eigenvalue weighted by Crippen LogP contribution is 2.26. The number of halogens is 1. The van der Waals surface area contributed by atoms with Gasteiger partial charge >= 0.3 is 0 Å². The average Bonchev–Trinajstić information content (AvgIpc) is 3.56. The van der Waals surface area contributed by atoms with Crippen molar-refractivity contribution >= 4 is 35.6 Å². The van der Waals surface area contributed by atoms with Gasteiger partial charge in [-0.1, -0.05) is 18.2 Å². The van der Waals surface area contributed by atoms with Gasteiger partial charge in [0.15, 0.2) is 5.96 Å². The molecule has 0 unspecified atom stereocenters. The molecule has 1 saturated heterocycles. The highest BCUT2D eigenvalue weighted by atomic mass is 127. The molecule has 2 aliphatic rings. The molecule has 158 valence electrons. The van der Waals surface area contributed by atoms with Crippen LogP contribution in [0.15, 0.2) is 35.3 Å². The summed E-state index contributed by atoms with van der Waals surface area (Å²) in [5.74, 6) is 1.06. The second-order valence-corrected chi connectivity index (χ2v) is 7.31. The zero-order valence-electron chi connectivity index (χ0n) is 17.3. The van der Waals surface area contributed by atoms with E-state index in [4.69, 9.17) is 9.73 Å². The molecule has 0 amide bonds. The molecular formula is C21H36IN5O. The van der Waals surface area contributed by atoms with Crippen LogP contribution in [0.3, 0.4) is 0 Å². The SMILES string of the molecule is CCNC(=NCCN(CCOC)C1CC1)N1CCN(c2ccccc2)CC1.I. The van der Waals surface area contributed by atoms with Crippen molar-refractivity contribution in [3.8, 4) is 0 Å². The Morgan fingerprint density at radius 2 is 1.86 bits per heavy atom. The van der Waals surface area contributed by atoms with Gasteiger partial charge in [-0.2, -0.15) is 0 Å². The first-order chi connectivity index (χ1) is 13.3. The van der Waals surface area contributed by atoms with E-state index in [1.807, 2.05) is 0 Å². The normalized spacial score (nSPS) is 17.6. The summed E-state index contributed by atoms with van der Waals surface area (Å²) in [6, 6.07) is 11.5. The summed E-state index contributed by atoms with van der Waals surface area (Å²) in [5, 5.41) is 3.48. The molecule has 1 aromatic carbocycles. The van der Waals surface area contributed by atoms with Crippen LogP contribution in [-0.4, -0.2) is 87.9 Å². The summed E-state index contributed by atoms with van der Waals surface area (Å²) >= 11 is 0. The van der Waals surface area contributed by atoms with Crippen molar-refractivity contribution in [1.29, 1.82) is 0 Å². The highest BCUT2D eigenvalue weighted by Gasteiger charge is 2.28. The van der Waals surface area contributed by atoms with E-state index < -0.39 is 0 Å². The fraction of sp³-hybridized carbons (Fsp3) is 0.667. The second kappa shape index (κ2) is 12.5. The van der Waals surface area contributed by atoms with Crippen LogP contribution in [0.5, 0.6) is 0 Å². The van der Waals surface area contributed by atoms with Crippen LogP contribution >= 0.6 is 24.0 Å². The van der Waals surface area contributed by atoms with Crippen LogP contribution in [0.25, 0.3) is 0 Å². The van der Waals surface area contributed by atoms with Crippen molar-refractivity contribution in [2.75, 3.05) is 71.0 Å². The summed E-state index contributed by atoms with van der Waals surface area (Å²) in [5.41, 5.74) is 1.32. The van der Waals surface area contributed by atoms with Gasteiger partial charge in [0.2, 0.25) is 0 Å². The third kappa shape index (κ3) is 7.08. The third-order valence-corrected chi connectivity index (χ3v) is 5.33. The van der Waals surface area contributed by atoms with Crippen LogP contribution < -0.4 is 10.2 Å². The molecule has 1 aliphatic carbocycles. The molecule has 1 aliphatic heterocycles. The minimum absolute atomic E-state index is 0. The molecule has 1 heterocycles.